The lowest BCUT2D eigenvalue weighted by atomic mass is 9.68. The molecule has 2 N–H and O–H groups in total. The van der Waals surface area contributed by atoms with Crippen LogP contribution in [0.15, 0.2) is 18.2 Å². The maximum absolute atomic E-state index is 11.3. The van der Waals surface area contributed by atoms with Gasteiger partial charge in [-0.3, -0.25) is 4.79 Å². The fraction of sp³-hybridized carbons (Fsp3) is 0.500. The van der Waals surface area contributed by atoms with Crippen LogP contribution in [0, 0.1) is 5.41 Å². The molecule has 0 heterocycles. The Morgan fingerprint density at radius 2 is 2.12 bits per heavy atom. The third-order valence-electron chi connectivity index (χ3n) is 3.86. The number of hydrogen-bond acceptors (Lipinski definition) is 2. The Kier molecular flexibility index (Phi) is 2.86. The van der Waals surface area contributed by atoms with Gasteiger partial charge in [-0.05, 0) is 62.3 Å². The number of carboxylic acid groups (broad SMARTS) is 1. The van der Waals surface area contributed by atoms with Gasteiger partial charge in [0.25, 0.3) is 0 Å². The zero-order chi connectivity index (χ0) is 12.6. The summed E-state index contributed by atoms with van der Waals surface area (Å²) in [4.78, 5) is 11.3. The van der Waals surface area contributed by atoms with Gasteiger partial charge in [-0.15, -0.1) is 0 Å². The first-order valence-electron chi connectivity index (χ1n) is 5.98. The maximum Gasteiger partial charge on any atom is 0.309 e. The molecule has 0 aromatic heterocycles. The molecule has 0 amide bonds. The van der Waals surface area contributed by atoms with Gasteiger partial charge in [0.1, 0.15) is 5.75 Å². The van der Waals surface area contributed by atoms with E-state index in [4.69, 9.17) is 0 Å². The van der Waals surface area contributed by atoms with Crippen molar-refractivity contribution in [2.45, 2.75) is 39.0 Å². The molecule has 1 aromatic carbocycles. The molecular formula is C14H18O3. The summed E-state index contributed by atoms with van der Waals surface area (Å²) in [6, 6.07) is 5.29. The van der Waals surface area contributed by atoms with Crippen molar-refractivity contribution in [2.24, 2.45) is 5.41 Å². The molecule has 0 aliphatic heterocycles. The largest absolute Gasteiger partial charge is 0.508 e. The van der Waals surface area contributed by atoms with Gasteiger partial charge in [-0.25, -0.2) is 0 Å². The number of carboxylic acids is 1. The van der Waals surface area contributed by atoms with E-state index in [0.29, 0.717) is 0 Å². The normalized spacial score (nSPS) is 19.8. The summed E-state index contributed by atoms with van der Waals surface area (Å²) in [7, 11) is 0. The number of aliphatic carboxylic acids is 1. The SMILES string of the molecule is CC(C)(C(=O)O)C1CCCc2cc(O)ccc21. The number of fused-ring (bicyclic) bond motifs is 1. The van der Waals surface area contributed by atoms with Crippen LogP contribution in [0.4, 0.5) is 0 Å². The highest BCUT2D eigenvalue weighted by Crippen LogP contribution is 2.44. The average molecular weight is 234 g/mol. The second kappa shape index (κ2) is 4.06. The molecule has 2 rings (SSSR count). The summed E-state index contributed by atoms with van der Waals surface area (Å²) >= 11 is 0. The van der Waals surface area contributed by atoms with E-state index in [9.17, 15) is 15.0 Å². The number of phenols is 1. The number of rotatable bonds is 2. The molecule has 1 unspecified atom stereocenters. The van der Waals surface area contributed by atoms with Crippen molar-refractivity contribution in [3.8, 4) is 5.75 Å². The minimum atomic E-state index is -0.761. The summed E-state index contributed by atoms with van der Waals surface area (Å²) in [5, 5.41) is 18.8. The van der Waals surface area contributed by atoms with Gasteiger partial charge in [0.2, 0.25) is 0 Å². The summed E-state index contributed by atoms with van der Waals surface area (Å²) < 4.78 is 0. The van der Waals surface area contributed by atoms with Gasteiger partial charge in [0.15, 0.2) is 0 Å². The van der Waals surface area contributed by atoms with Gasteiger partial charge in [-0.2, -0.15) is 0 Å². The number of hydrogen-bond donors (Lipinski definition) is 2. The fourth-order valence-electron chi connectivity index (χ4n) is 2.70. The van der Waals surface area contributed by atoms with Crippen molar-refractivity contribution in [3.63, 3.8) is 0 Å². The molecule has 92 valence electrons. The molecule has 1 aromatic rings. The Labute approximate surface area is 101 Å². The highest BCUT2D eigenvalue weighted by Gasteiger charge is 2.39. The van der Waals surface area contributed by atoms with Crippen LogP contribution in [0.3, 0.4) is 0 Å². The molecular weight excluding hydrogens is 216 g/mol. The molecule has 0 radical (unpaired) electrons. The van der Waals surface area contributed by atoms with Gasteiger partial charge in [-0.1, -0.05) is 6.07 Å². The fourth-order valence-corrected chi connectivity index (χ4v) is 2.70. The van der Waals surface area contributed by atoms with E-state index in [1.54, 1.807) is 26.0 Å². The summed E-state index contributed by atoms with van der Waals surface area (Å²) in [6.07, 6.45) is 2.81. The van der Waals surface area contributed by atoms with Crippen LogP contribution in [-0.4, -0.2) is 16.2 Å². The van der Waals surface area contributed by atoms with Crippen LogP contribution in [0.5, 0.6) is 5.75 Å². The molecule has 1 aliphatic rings. The van der Waals surface area contributed by atoms with Crippen molar-refractivity contribution in [1.82, 2.24) is 0 Å². The third-order valence-corrected chi connectivity index (χ3v) is 3.86. The quantitative estimate of drug-likeness (QED) is 0.827. The van der Waals surface area contributed by atoms with Crippen LogP contribution < -0.4 is 0 Å². The van der Waals surface area contributed by atoms with Crippen LogP contribution in [0.2, 0.25) is 0 Å². The van der Waals surface area contributed by atoms with Crippen molar-refractivity contribution < 1.29 is 15.0 Å². The van der Waals surface area contributed by atoms with Crippen molar-refractivity contribution >= 4 is 5.97 Å². The molecule has 1 aliphatic carbocycles. The number of aromatic hydroxyl groups is 1. The molecule has 0 fully saturated rings. The van der Waals surface area contributed by atoms with E-state index in [1.165, 1.54) is 0 Å². The van der Waals surface area contributed by atoms with E-state index in [-0.39, 0.29) is 11.7 Å². The highest BCUT2D eigenvalue weighted by atomic mass is 16.4. The minimum Gasteiger partial charge on any atom is -0.508 e. The van der Waals surface area contributed by atoms with E-state index in [0.717, 1.165) is 30.4 Å². The van der Waals surface area contributed by atoms with Gasteiger partial charge in [0.05, 0.1) is 5.41 Å². The number of benzene rings is 1. The highest BCUT2D eigenvalue weighted by molar-refractivity contribution is 5.75. The first kappa shape index (κ1) is 12.0. The topological polar surface area (TPSA) is 57.5 Å². The molecule has 0 saturated heterocycles. The lowest BCUT2D eigenvalue weighted by molar-refractivity contribution is -0.148. The summed E-state index contributed by atoms with van der Waals surface area (Å²) in [5.74, 6) is -0.467. The molecule has 0 bridgehead atoms. The maximum atomic E-state index is 11.3. The first-order chi connectivity index (χ1) is 7.93. The summed E-state index contributed by atoms with van der Waals surface area (Å²) in [5.41, 5.74) is 1.42. The van der Waals surface area contributed by atoms with Crippen LogP contribution in [-0.2, 0) is 11.2 Å². The zero-order valence-corrected chi connectivity index (χ0v) is 10.2. The Bertz CT molecular complexity index is 449. The lowest BCUT2D eigenvalue weighted by Crippen LogP contribution is -2.33. The van der Waals surface area contributed by atoms with E-state index < -0.39 is 11.4 Å². The molecule has 3 heteroatoms. The van der Waals surface area contributed by atoms with Gasteiger partial charge < -0.3 is 10.2 Å². The molecule has 1 atom stereocenters. The van der Waals surface area contributed by atoms with Crippen molar-refractivity contribution in [1.29, 1.82) is 0 Å². The predicted octanol–water partition coefficient (Wildman–Crippen LogP) is 2.92. The van der Waals surface area contributed by atoms with E-state index >= 15 is 0 Å². The van der Waals surface area contributed by atoms with E-state index in [2.05, 4.69) is 0 Å². The van der Waals surface area contributed by atoms with Crippen LogP contribution in [0.25, 0.3) is 0 Å². The lowest BCUT2D eigenvalue weighted by Gasteiger charge is -2.35. The monoisotopic (exact) mass is 234 g/mol. The predicted molar refractivity (Wildman–Crippen MR) is 65.2 cm³/mol. The molecule has 3 nitrogen and oxygen atoms in total. The Morgan fingerprint density at radius 3 is 2.76 bits per heavy atom. The second-order valence-electron chi connectivity index (χ2n) is 5.35. The molecule has 0 saturated carbocycles. The smallest absolute Gasteiger partial charge is 0.309 e. The number of phenolic OH excluding ortho intramolecular Hbond substituents is 1. The minimum absolute atomic E-state index is 0.0318. The van der Waals surface area contributed by atoms with Gasteiger partial charge >= 0.3 is 5.97 Å². The number of carbonyl (C=O) groups is 1. The van der Waals surface area contributed by atoms with Crippen molar-refractivity contribution in [3.05, 3.63) is 29.3 Å². The number of aryl methyl sites for hydroxylation is 1. The van der Waals surface area contributed by atoms with Gasteiger partial charge in [0, 0.05) is 0 Å². The third kappa shape index (κ3) is 2.02. The first-order valence-corrected chi connectivity index (χ1v) is 5.98. The molecule has 17 heavy (non-hydrogen) atoms. The Hall–Kier alpha value is -1.51. The van der Waals surface area contributed by atoms with Crippen LogP contribution >= 0.6 is 0 Å². The standard InChI is InChI=1S/C14H18O3/c1-14(2,13(16)17)12-5-3-4-9-8-10(15)6-7-11(9)12/h6-8,12,15H,3-5H2,1-2H3,(H,16,17). The Balaban J connectivity index is 2.45. The van der Waals surface area contributed by atoms with Crippen LogP contribution in [0.1, 0.15) is 43.7 Å². The Morgan fingerprint density at radius 1 is 1.41 bits per heavy atom. The van der Waals surface area contributed by atoms with Crippen molar-refractivity contribution in [2.75, 3.05) is 0 Å². The zero-order valence-electron chi connectivity index (χ0n) is 10.2. The van der Waals surface area contributed by atoms with E-state index in [1.807, 2.05) is 6.07 Å². The average Bonchev–Trinajstić information content (AvgIpc) is 2.27. The second-order valence-corrected chi connectivity index (χ2v) is 5.35. The molecule has 0 spiro atoms. The summed E-state index contributed by atoms with van der Waals surface area (Å²) in [6.45, 7) is 3.56.